The number of fused-ring (bicyclic) bond motifs is 1. The van der Waals surface area contributed by atoms with Crippen molar-refractivity contribution in [3.05, 3.63) is 63.9 Å². The summed E-state index contributed by atoms with van der Waals surface area (Å²) < 4.78 is 13.1. The second kappa shape index (κ2) is 7.69. The van der Waals surface area contributed by atoms with E-state index in [1.165, 1.54) is 6.33 Å². The Labute approximate surface area is 171 Å². The zero-order valence-corrected chi connectivity index (χ0v) is 16.4. The third-order valence-corrected chi connectivity index (χ3v) is 5.19. The SMILES string of the molecule is COc1cc([C@H]2CC(=O)Nc3ncnn32)ccc1OCc1ccc(Cl)c(Cl)c1. The lowest BCUT2D eigenvalue weighted by molar-refractivity contribution is -0.117. The molecule has 0 spiro atoms. The van der Waals surface area contributed by atoms with E-state index in [-0.39, 0.29) is 18.4 Å². The molecule has 0 saturated heterocycles. The van der Waals surface area contributed by atoms with Crippen LogP contribution in [0.4, 0.5) is 5.95 Å². The number of nitrogens with one attached hydrogen (secondary N) is 1. The summed E-state index contributed by atoms with van der Waals surface area (Å²) >= 11 is 12.0. The summed E-state index contributed by atoms with van der Waals surface area (Å²) in [5, 5.41) is 7.89. The lowest BCUT2D eigenvalue weighted by atomic mass is 10.0. The molecule has 1 amide bonds. The van der Waals surface area contributed by atoms with Crippen LogP contribution >= 0.6 is 23.2 Å². The molecule has 4 rings (SSSR count). The van der Waals surface area contributed by atoms with E-state index in [4.69, 9.17) is 32.7 Å². The molecule has 3 aromatic rings. The molecule has 1 aliphatic heterocycles. The molecule has 1 aromatic heterocycles. The average molecular weight is 419 g/mol. The van der Waals surface area contributed by atoms with Crippen molar-refractivity contribution in [2.45, 2.75) is 19.1 Å². The number of hydrogen-bond donors (Lipinski definition) is 1. The van der Waals surface area contributed by atoms with Crippen LogP contribution in [0, 0.1) is 0 Å². The van der Waals surface area contributed by atoms with Crippen LogP contribution < -0.4 is 14.8 Å². The van der Waals surface area contributed by atoms with Crippen LogP contribution in [-0.4, -0.2) is 27.8 Å². The quantitative estimate of drug-likeness (QED) is 0.674. The molecule has 2 heterocycles. The number of aromatic nitrogens is 3. The monoisotopic (exact) mass is 418 g/mol. The standard InChI is InChI=1S/C19H16Cl2N4O3/c1-27-17-7-12(15-8-18(26)24-19-22-10-23-25(15)19)3-5-16(17)28-9-11-2-4-13(20)14(21)6-11/h2-7,10,15H,8-9H2,1H3,(H,22,23,24,26)/t15-/m1/s1. The molecule has 0 unspecified atom stereocenters. The summed E-state index contributed by atoms with van der Waals surface area (Å²) in [4.78, 5) is 16.0. The number of methoxy groups -OCH3 is 1. The zero-order valence-electron chi connectivity index (χ0n) is 14.9. The lowest BCUT2D eigenvalue weighted by Gasteiger charge is -2.24. The first-order chi connectivity index (χ1) is 13.5. The molecule has 9 heteroatoms. The maximum absolute atomic E-state index is 12.0. The van der Waals surface area contributed by atoms with E-state index >= 15 is 0 Å². The number of rotatable bonds is 5. The van der Waals surface area contributed by atoms with Gasteiger partial charge >= 0.3 is 0 Å². The molecule has 144 valence electrons. The zero-order chi connectivity index (χ0) is 19.7. The third-order valence-electron chi connectivity index (χ3n) is 4.45. The van der Waals surface area contributed by atoms with Gasteiger partial charge < -0.3 is 9.47 Å². The normalized spacial score (nSPS) is 15.7. The molecule has 0 aliphatic carbocycles. The average Bonchev–Trinajstić information content (AvgIpc) is 3.16. The van der Waals surface area contributed by atoms with E-state index < -0.39 is 0 Å². The number of nitrogens with zero attached hydrogens (tertiary/aromatic N) is 3. The third kappa shape index (κ3) is 3.63. The van der Waals surface area contributed by atoms with E-state index in [0.717, 1.165) is 11.1 Å². The first-order valence-electron chi connectivity index (χ1n) is 8.49. The van der Waals surface area contributed by atoms with Gasteiger partial charge in [-0.3, -0.25) is 10.1 Å². The topological polar surface area (TPSA) is 78.3 Å². The minimum Gasteiger partial charge on any atom is -0.493 e. The van der Waals surface area contributed by atoms with Gasteiger partial charge in [0.05, 0.1) is 29.6 Å². The Morgan fingerprint density at radius 3 is 2.82 bits per heavy atom. The maximum atomic E-state index is 12.0. The Bertz CT molecular complexity index is 1040. The second-order valence-electron chi connectivity index (χ2n) is 6.24. The number of ether oxygens (including phenoxy) is 2. The highest BCUT2D eigenvalue weighted by molar-refractivity contribution is 6.42. The minimum atomic E-state index is -0.260. The van der Waals surface area contributed by atoms with E-state index in [1.807, 2.05) is 24.3 Å². The second-order valence-corrected chi connectivity index (χ2v) is 7.06. The predicted octanol–water partition coefficient (Wildman–Crippen LogP) is 4.10. The van der Waals surface area contributed by atoms with Crippen LogP contribution in [0.3, 0.4) is 0 Å². The highest BCUT2D eigenvalue weighted by atomic mass is 35.5. The number of benzene rings is 2. The molecule has 2 aromatic carbocycles. The highest BCUT2D eigenvalue weighted by Gasteiger charge is 2.28. The summed E-state index contributed by atoms with van der Waals surface area (Å²) in [6, 6.07) is 10.6. The lowest BCUT2D eigenvalue weighted by Crippen LogP contribution is -2.29. The van der Waals surface area contributed by atoms with Gasteiger partial charge in [-0.1, -0.05) is 35.3 Å². The number of carbonyl (C=O) groups is 1. The molecule has 0 radical (unpaired) electrons. The molecular formula is C19H16Cl2N4O3. The number of carbonyl (C=O) groups excluding carboxylic acids is 1. The molecule has 0 bridgehead atoms. The van der Waals surface area contributed by atoms with Crippen molar-refractivity contribution in [3.8, 4) is 11.5 Å². The number of hydrogen-bond acceptors (Lipinski definition) is 5. The van der Waals surface area contributed by atoms with Crippen molar-refractivity contribution in [2.24, 2.45) is 0 Å². The van der Waals surface area contributed by atoms with Crippen molar-refractivity contribution < 1.29 is 14.3 Å². The molecule has 1 N–H and O–H groups in total. The van der Waals surface area contributed by atoms with E-state index in [0.29, 0.717) is 34.1 Å². The van der Waals surface area contributed by atoms with Gasteiger partial charge in [0.25, 0.3) is 0 Å². The van der Waals surface area contributed by atoms with Gasteiger partial charge in [0.15, 0.2) is 11.5 Å². The van der Waals surface area contributed by atoms with Crippen molar-refractivity contribution in [2.75, 3.05) is 12.4 Å². The fourth-order valence-corrected chi connectivity index (χ4v) is 3.39. The van der Waals surface area contributed by atoms with Crippen LogP contribution in [0.15, 0.2) is 42.7 Å². The molecule has 0 fully saturated rings. The summed E-state index contributed by atoms with van der Waals surface area (Å²) in [7, 11) is 1.57. The van der Waals surface area contributed by atoms with Crippen LogP contribution in [0.1, 0.15) is 23.6 Å². The molecule has 0 saturated carbocycles. The first-order valence-corrected chi connectivity index (χ1v) is 9.25. The van der Waals surface area contributed by atoms with Crippen molar-refractivity contribution >= 4 is 35.1 Å². The largest absolute Gasteiger partial charge is 0.493 e. The van der Waals surface area contributed by atoms with Crippen molar-refractivity contribution in [3.63, 3.8) is 0 Å². The minimum absolute atomic E-state index is 0.107. The Kier molecular flexibility index (Phi) is 5.11. The van der Waals surface area contributed by atoms with Gasteiger partial charge in [-0.05, 0) is 35.4 Å². The number of anilines is 1. The van der Waals surface area contributed by atoms with Crippen LogP contribution in [-0.2, 0) is 11.4 Å². The fraction of sp³-hybridized carbons (Fsp3) is 0.211. The summed E-state index contributed by atoms with van der Waals surface area (Å²) in [5.41, 5.74) is 1.76. The van der Waals surface area contributed by atoms with Gasteiger partial charge in [0.2, 0.25) is 11.9 Å². The van der Waals surface area contributed by atoms with Crippen LogP contribution in [0.25, 0.3) is 0 Å². The molecule has 1 aliphatic rings. The highest BCUT2D eigenvalue weighted by Crippen LogP contribution is 2.35. The first kappa shape index (κ1) is 18.6. The Morgan fingerprint density at radius 1 is 1.18 bits per heavy atom. The van der Waals surface area contributed by atoms with Crippen molar-refractivity contribution in [1.82, 2.24) is 14.8 Å². The number of amides is 1. The Balaban J connectivity index is 1.57. The van der Waals surface area contributed by atoms with Gasteiger partial charge in [0.1, 0.15) is 12.9 Å². The van der Waals surface area contributed by atoms with Gasteiger partial charge in [-0.15, -0.1) is 0 Å². The Morgan fingerprint density at radius 2 is 2.04 bits per heavy atom. The van der Waals surface area contributed by atoms with Crippen LogP contribution in [0.5, 0.6) is 11.5 Å². The van der Waals surface area contributed by atoms with Gasteiger partial charge in [-0.25, -0.2) is 4.68 Å². The smallest absolute Gasteiger partial charge is 0.229 e. The summed E-state index contributed by atoms with van der Waals surface area (Å²) in [6.07, 6.45) is 1.68. The molecule has 7 nitrogen and oxygen atoms in total. The molecule has 1 atom stereocenters. The van der Waals surface area contributed by atoms with E-state index in [1.54, 1.807) is 23.9 Å². The van der Waals surface area contributed by atoms with E-state index in [9.17, 15) is 4.79 Å². The summed E-state index contributed by atoms with van der Waals surface area (Å²) in [6.45, 7) is 0.311. The maximum Gasteiger partial charge on any atom is 0.229 e. The van der Waals surface area contributed by atoms with E-state index in [2.05, 4.69) is 15.4 Å². The van der Waals surface area contributed by atoms with Crippen LogP contribution in [0.2, 0.25) is 10.0 Å². The predicted molar refractivity (Wildman–Crippen MR) is 105 cm³/mol. The summed E-state index contributed by atoms with van der Waals surface area (Å²) in [5.74, 6) is 1.46. The number of halogens is 2. The molecule has 28 heavy (non-hydrogen) atoms. The van der Waals surface area contributed by atoms with Crippen molar-refractivity contribution in [1.29, 1.82) is 0 Å². The Hall–Kier alpha value is -2.77. The fourth-order valence-electron chi connectivity index (χ4n) is 3.07. The van der Waals surface area contributed by atoms with Gasteiger partial charge in [0, 0.05) is 0 Å². The molecular weight excluding hydrogens is 403 g/mol. The van der Waals surface area contributed by atoms with Gasteiger partial charge in [-0.2, -0.15) is 10.1 Å².